The van der Waals surface area contributed by atoms with Gasteiger partial charge in [0.05, 0.1) is 6.61 Å². The molecule has 0 spiro atoms. The summed E-state index contributed by atoms with van der Waals surface area (Å²) in [5, 5.41) is 0. The van der Waals surface area contributed by atoms with Crippen molar-refractivity contribution in [2.24, 2.45) is 5.73 Å². The predicted molar refractivity (Wildman–Crippen MR) is 67.0 cm³/mol. The maximum atomic E-state index is 13.3. The number of carbonyl (C=O) groups is 1. The standard InChI is InChI=1S/C12H12F5NO2S/c1-2-20-12(19)6(18)4-21-3-5-7(13)9(15)11(17)10(16)8(5)14/h6H,2-4,18H2,1H3. The Morgan fingerprint density at radius 3 is 2.05 bits per heavy atom. The van der Waals surface area contributed by atoms with Crippen LogP contribution in [0.2, 0.25) is 0 Å². The molecule has 0 fully saturated rings. The molecule has 1 aromatic rings. The fraction of sp³-hybridized carbons (Fsp3) is 0.417. The maximum Gasteiger partial charge on any atom is 0.323 e. The second kappa shape index (κ2) is 7.60. The van der Waals surface area contributed by atoms with Crippen molar-refractivity contribution in [1.82, 2.24) is 0 Å². The summed E-state index contributed by atoms with van der Waals surface area (Å²) in [5.74, 6) is -11.3. The third-order valence-electron chi connectivity index (χ3n) is 2.43. The molecule has 0 amide bonds. The molecule has 0 saturated heterocycles. The minimum Gasteiger partial charge on any atom is -0.465 e. The summed E-state index contributed by atoms with van der Waals surface area (Å²) in [5.41, 5.74) is 4.49. The molecule has 1 rings (SSSR count). The van der Waals surface area contributed by atoms with E-state index < -0.39 is 52.4 Å². The minimum absolute atomic E-state index is 0.0850. The van der Waals surface area contributed by atoms with Gasteiger partial charge in [-0.1, -0.05) is 0 Å². The molecule has 21 heavy (non-hydrogen) atoms. The van der Waals surface area contributed by atoms with Gasteiger partial charge < -0.3 is 10.5 Å². The van der Waals surface area contributed by atoms with Crippen LogP contribution in [-0.4, -0.2) is 24.4 Å². The number of ether oxygens (including phenoxy) is 1. The first-order valence-electron chi connectivity index (χ1n) is 5.81. The van der Waals surface area contributed by atoms with Crippen molar-refractivity contribution in [3.63, 3.8) is 0 Å². The van der Waals surface area contributed by atoms with Crippen LogP contribution in [0.25, 0.3) is 0 Å². The van der Waals surface area contributed by atoms with Gasteiger partial charge >= 0.3 is 5.97 Å². The summed E-state index contributed by atoms with van der Waals surface area (Å²) in [6.07, 6.45) is 0. The smallest absolute Gasteiger partial charge is 0.323 e. The number of rotatable bonds is 6. The van der Waals surface area contributed by atoms with Gasteiger partial charge in [0, 0.05) is 17.1 Å². The fourth-order valence-corrected chi connectivity index (χ4v) is 2.35. The lowest BCUT2D eigenvalue weighted by molar-refractivity contribution is -0.144. The van der Waals surface area contributed by atoms with Crippen molar-refractivity contribution in [2.45, 2.75) is 18.7 Å². The molecule has 3 nitrogen and oxygen atoms in total. The first kappa shape index (κ1) is 17.7. The molecule has 0 radical (unpaired) electrons. The number of hydrogen-bond acceptors (Lipinski definition) is 4. The van der Waals surface area contributed by atoms with Gasteiger partial charge in [0.2, 0.25) is 5.82 Å². The summed E-state index contributed by atoms with van der Waals surface area (Å²) in [7, 11) is 0. The van der Waals surface area contributed by atoms with Crippen LogP contribution >= 0.6 is 11.8 Å². The van der Waals surface area contributed by atoms with E-state index in [-0.39, 0.29) is 12.4 Å². The van der Waals surface area contributed by atoms with Gasteiger partial charge in [0.1, 0.15) is 6.04 Å². The number of hydrogen-bond donors (Lipinski definition) is 1. The highest BCUT2D eigenvalue weighted by Gasteiger charge is 2.25. The SMILES string of the molecule is CCOC(=O)C(N)CSCc1c(F)c(F)c(F)c(F)c1F. The summed E-state index contributed by atoms with van der Waals surface area (Å²) in [6.45, 7) is 1.70. The van der Waals surface area contributed by atoms with Gasteiger partial charge in [-0.2, -0.15) is 11.8 Å². The van der Waals surface area contributed by atoms with E-state index in [0.29, 0.717) is 0 Å². The molecule has 2 N–H and O–H groups in total. The van der Waals surface area contributed by atoms with Gasteiger partial charge in [0.15, 0.2) is 23.3 Å². The van der Waals surface area contributed by atoms with Crippen LogP contribution < -0.4 is 5.73 Å². The van der Waals surface area contributed by atoms with Gasteiger partial charge in [-0.3, -0.25) is 4.79 Å². The van der Waals surface area contributed by atoms with Crippen LogP contribution in [0.4, 0.5) is 22.0 Å². The van der Waals surface area contributed by atoms with Crippen LogP contribution in [-0.2, 0) is 15.3 Å². The number of thioether (sulfide) groups is 1. The number of carbonyl (C=O) groups excluding carboxylic acids is 1. The van der Waals surface area contributed by atoms with Crippen LogP contribution in [0.15, 0.2) is 0 Å². The van der Waals surface area contributed by atoms with Gasteiger partial charge in [-0.05, 0) is 6.92 Å². The zero-order chi connectivity index (χ0) is 16.2. The molecule has 1 aromatic carbocycles. The first-order valence-corrected chi connectivity index (χ1v) is 6.96. The topological polar surface area (TPSA) is 52.3 Å². The molecular weight excluding hydrogens is 317 g/mol. The quantitative estimate of drug-likeness (QED) is 0.377. The lowest BCUT2D eigenvalue weighted by Gasteiger charge is -2.11. The van der Waals surface area contributed by atoms with Crippen molar-refractivity contribution >= 4 is 17.7 Å². The van der Waals surface area contributed by atoms with Crippen molar-refractivity contribution in [3.05, 3.63) is 34.6 Å². The normalized spacial score (nSPS) is 12.3. The number of benzene rings is 1. The Balaban J connectivity index is 2.75. The molecule has 0 aromatic heterocycles. The lowest BCUT2D eigenvalue weighted by Crippen LogP contribution is -2.34. The van der Waals surface area contributed by atoms with Gasteiger partial charge in [-0.25, -0.2) is 22.0 Å². The Labute approximate surface area is 121 Å². The maximum absolute atomic E-state index is 13.3. The summed E-state index contributed by atoms with van der Waals surface area (Å²) < 4.78 is 70.0. The zero-order valence-electron chi connectivity index (χ0n) is 10.9. The fourth-order valence-electron chi connectivity index (χ4n) is 1.38. The largest absolute Gasteiger partial charge is 0.465 e. The molecule has 0 aliphatic carbocycles. The molecule has 0 bridgehead atoms. The number of halogens is 5. The minimum atomic E-state index is -2.21. The molecule has 0 heterocycles. The first-order chi connectivity index (χ1) is 9.81. The van der Waals surface area contributed by atoms with Crippen molar-refractivity contribution in [1.29, 1.82) is 0 Å². The van der Waals surface area contributed by atoms with E-state index in [0.717, 1.165) is 11.8 Å². The van der Waals surface area contributed by atoms with Crippen molar-refractivity contribution in [2.75, 3.05) is 12.4 Å². The number of esters is 1. The molecular formula is C12H12F5NO2S. The van der Waals surface area contributed by atoms with Crippen LogP contribution in [0.1, 0.15) is 12.5 Å². The van der Waals surface area contributed by atoms with Crippen LogP contribution in [0.3, 0.4) is 0 Å². The van der Waals surface area contributed by atoms with Crippen LogP contribution in [0, 0.1) is 29.1 Å². The monoisotopic (exact) mass is 329 g/mol. The highest BCUT2D eigenvalue weighted by atomic mass is 32.2. The molecule has 0 aliphatic heterocycles. The van der Waals surface area contributed by atoms with Crippen molar-refractivity contribution < 1.29 is 31.5 Å². The van der Waals surface area contributed by atoms with Gasteiger partial charge in [0.25, 0.3) is 0 Å². The average molecular weight is 329 g/mol. The second-order valence-corrected chi connectivity index (χ2v) is 4.95. The van der Waals surface area contributed by atoms with E-state index in [4.69, 9.17) is 5.73 Å². The van der Waals surface area contributed by atoms with E-state index in [9.17, 15) is 26.7 Å². The Hall–Kier alpha value is -1.35. The zero-order valence-corrected chi connectivity index (χ0v) is 11.7. The van der Waals surface area contributed by atoms with Crippen LogP contribution in [0.5, 0.6) is 0 Å². The van der Waals surface area contributed by atoms with E-state index in [1.165, 1.54) is 0 Å². The predicted octanol–water partition coefficient (Wildman–Crippen LogP) is 2.51. The Kier molecular flexibility index (Phi) is 6.41. The summed E-state index contributed by atoms with van der Waals surface area (Å²) >= 11 is 0.759. The Morgan fingerprint density at radius 1 is 1.10 bits per heavy atom. The molecule has 118 valence electrons. The summed E-state index contributed by atoms with van der Waals surface area (Å²) in [4.78, 5) is 11.2. The van der Waals surface area contributed by atoms with Crippen molar-refractivity contribution in [3.8, 4) is 0 Å². The Morgan fingerprint density at radius 2 is 1.57 bits per heavy atom. The van der Waals surface area contributed by atoms with E-state index in [1.54, 1.807) is 6.92 Å². The lowest BCUT2D eigenvalue weighted by atomic mass is 10.2. The highest BCUT2D eigenvalue weighted by Crippen LogP contribution is 2.26. The summed E-state index contributed by atoms with van der Waals surface area (Å²) in [6, 6.07) is -1.05. The highest BCUT2D eigenvalue weighted by molar-refractivity contribution is 7.98. The second-order valence-electron chi connectivity index (χ2n) is 3.92. The molecule has 9 heteroatoms. The molecule has 1 unspecified atom stereocenters. The Bertz CT molecular complexity index is 512. The third kappa shape index (κ3) is 4.07. The van der Waals surface area contributed by atoms with Gasteiger partial charge in [-0.15, -0.1) is 0 Å². The molecule has 0 aliphatic rings. The van der Waals surface area contributed by atoms with E-state index in [1.807, 2.05) is 0 Å². The number of nitrogens with two attached hydrogens (primary N) is 1. The molecule has 1 atom stereocenters. The van der Waals surface area contributed by atoms with E-state index >= 15 is 0 Å². The third-order valence-corrected chi connectivity index (χ3v) is 3.52. The molecule has 0 saturated carbocycles. The average Bonchev–Trinajstić information content (AvgIpc) is 2.46. The van der Waals surface area contributed by atoms with E-state index in [2.05, 4.69) is 4.74 Å².